The first-order chi connectivity index (χ1) is 8.65. The molecule has 94 valence electrons. The van der Waals surface area contributed by atoms with Crippen LogP contribution in [0.3, 0.4) is 0 Å². The predicted octanol–water partition coefficient (Wildman–Crippen LogP) is 3.14. The summed E-state index contributed by atoms with van der Waals surface area (Å²) in [6.45, 7) is 0.654. The van der Waals surface area contributed by atoms with Gasteiger partial charge in [0.15, 0.2) is 5.13 Å². The number of rotatable bonds is 5. The Morgan fingerprint density at radius 3 is 2.94 bits per heavy atom. The van der Waals surface area contributed by atoms with Gasteiger partial charge < -0.3 is 10.4 Å². The topological polar surface area (TPSA) is 62.2 Å². The first-order valence-corrected chi connectivity index (χ1v) is 6.96. The third-order valence-corrected chi connectivity index (χ3v) is 3.89. The number of nitrogens with zero attached hydrogens (tertiary/aromatic N) is 1. The largest absolute Gasteiger partial charge is 0.481 e. The van der Waals surface area contributed by atoms with E-state index in [9.17, 15) is 4.79 Å². The number of nitrogens with one attached hydrogen (secondary N) is 1. The number of thiazole rings is 1. The minimum absolute atomic E-state index is 0.0345. The van der Waals surface area contributed by atoms with Crippen molar-refractivity contribution in [3.8, 4) is 0 Å². The molecule has 0 radical (unpaired) electrons. The Balaban J connectivity index is 1.96. The van der Waals surface area contributed by atoms with E-state index in [2.05, 4.69) is 26.2 Å². The summed E-state index contributed by atoms with van der Waals surface area (Å²) >= 11 is 4.89. The maximum atomic E-state index is 10.5. The molecule has 0 saturated carbocycles. The number of aromatic nitrogens is 1. The molecule has 0 atom stereocenters. The summed E-state index contributed by atoms with van der Waals surface area (Å²) in [4.78, 5) is 14.7. The van der Waals surface area contributed by atoms with Crippen LogP contribution < -0.4 is 5.32 Å². The summed E-state index contributed by atoms with van der Waals surface area (Å²) in [6, 6.07) is 7.93. The molecule has 2 aromatic rings. The molecule has 2 N–H and O–H groups in total. The molecular formula is C12H11BrN2O2S. The van der Waals surface area contributed by atoms with Crippen molar-refractivity contribution in [2.45, 2.75) is 13.0 Å². The molecule has 0 saturated heterocycles. The summed E-state index contributed by atoms with van der Waals surface area (Å²) in [6.07, 6.45) is -0.0345. The van der Waals surface area contributed by atoms with Crippen LogP contribution in [0.4, 0.5) is 5.13 Å². The minimum Gasteiger partial charge on any atom is -0.481 e. The summed E-state index contributed by atoms with van der Waals surface area (Å²) in [5, 5.41) is 14.3. The van der Waals surface area contributed by atoms with Gasteiger partial charge in [-0.15, -0.1) is 11.3 Å². The number of carbonyl (C=O) groups is 1. The van der Waals surface area contributed by atoms with Gasteiger partial charge in [0.25, 0.3) is 0 Å². The van der Waals surface area contributed by atoms with E-state index in [4.69, 9.17) is 5.11 Å². The van der Waals surface area contributed by atoms with E-state index in [0.29, 0.717) is 12.2 Å². The zero-order valence-corrected chi connectivity index (χ0v) is 11.8. The molecule has 1 aromatic heterocycles. The second kappa shape index (κ2) is 5.97. The van der Waals surface area contributed by atoms with E-state index in [1.54, 1.807) is 5.38 Å². The van der Waals surface area contributed by atoms with Gasteiger partial charge in [0.1, 0.15) is 0 Å². The molecule has 0 aliphatic rings. The number of carboxylic acids is 1. The van der Waals surface area contributed by atoms with E-state index in [1.165, 1.54) is 11.3 Å². The maximum Gasteiger partial charge on any atom is 0.309 e. The highest BCUT2D eigenvalue weighted by Crippen LogP contribution is 2.20. The number of hydrogen-bond acceptors (Lipinski definition) is 4. The number of aliphatic carboxylic acids is 1. The summed E-state index contributed by atoms with van der Waals surface area (Å²) in [7, 11) is 0. The van der Waals surface area contributed by atoms with E-state index < -0.39 is 5.97 Å². The van der Waals surface area contributed by atoms with Crippen molar-refractivity contribution < 1.29 is 9.90 Å². The molecular weight excluding hydrogens is 316 g/mol. The van der Waals surface area contributed by atoms with Crippen LogP contribution in [0.1, 0.15) is 11.3 Å². The van der Waals surface area contributed by atoms with Crippen LogP contribution in [-0.4, -0.2) is 16.1 Å². The molecule has 18 heavy (non-hydrogen) atoms. The molecule has 4 nitrogen and oxygen atoms in total. The lowest BCUT2D eigenvalue weighted by Gasteiger charge is -2.04. The first-order valence-electron chi connectivity index (χ1n) is 5.28. The second-order valence-corrected chi connectivity index (χ2v) is 5.37. The Bertz CT molecular complexity index is 557. The van der Waals surface area contributed by atoms with E-state index in [-0.39, 0.29) is 6.42 Å². The fourth-order valence-corrected chi connectivity index (χ4v) is 2.57. The van der Waals surface area contributed by atoms with Crippen LogP contribution >= 0.6 is 27.3 Å². The van der Waals surface area contributed by atoms with Crippen LogP contribution in [0.2, 0.25) is 0 Å². The number of halogens is 1. The summed E-state index contributed by atoms with van der Waals surface area (Å²) in [5.74, 6) is -0.863. The van der Waals surface area contributed by atoms with Gasteiger partial charge in [-0.2, -0.15) is 0 Å². The summed E-state index contributed by atoms with van der Waals surface area (Å²) in [5.41, 5.74) is 1.72. The summed E-state index contributed by atoms with van der Waals surface area (Å²) < 4.78 is 1.04. The molecule has 2 rings (SSSR count). The first kappa shape index (κ1) is 13.0. The van der Waals surface area contributed by atoms with E-state index in [1.807, 2.05) is 24.3 Å². The molecule has 0 unspecified atom stereocenters. The van der Waals surface area contributed by atoms with Crippen LogP contribution in [0, 0.1) is 0 Å². The highest BCUT2D eigenvalue weighted by atomic mass is 79.9. The number of carboxylic acid groups (broad SMARTS) is 1. The lowest BCUT2D eigenvalue weighted by atomic mass is 10.2. The number of hydrogen-bond donors (Lipinski definition) is 2. The standard InChI is InChI=1S/C12H11BrN2O2S/c13-10-4-2-1-3-8(10)6-14-12-15-9(7-18-12)5-11(16)17/h1-4,7H,5-6H2,(H,14,15)(H,16,17). The van der Waals surface area contributed by atoms with Crippen molar-refractivity contribution >= 4 is 38.4 Å². The SMILES string of the molecule is O=C(O)Cc1csc(NCc2ccccc2Br)n1. The van der Waals surface area contributed by atoms with Crippen LogP contribution in [0.25, 0.3) is 0 Å². The van der Waals surface area contributed by atoms with Crippen molar-refractivity contribution in [2.75, 3.05) is 5.32 Å². The quantitative estimate of drug-likeness (QED) is 0.886. The van der Waals surface area contributed by atoms with Crippen molar-refractivity contribution in [1.29, 1.82) is 0 Å². The smallest absolute Gasteiger partial charge is 0.309 e. The van der Waals surface area contributed by atoms with Crippen molar-refractivity contribution in [3.05, 3.63) is 45.4 Å². The third-order valence-electron chi connectivity index (χ3n) is 2.27. The lowest BCUT2D eigenvalue weighted by molar-refractivity contribution is -0.136. The van der Waals surface area contributed by atoms with Gasteiger partial charge in [-0.1, -0.05) is 34.1 Å². The fourth-order valence-electron chi connectivity index (χ4n) is 1.44. The van der Waals surface area contributed by atoms with Gasteiger partial charge >= 0.3 is 5.97 Å². The maximum absolute atomic E-state index is 10.5. The highest BCUT2D eigenvalue weighted by molar-refractivity contribution is 9.10. The van der Waals surface area contributed by atoms with Gasteiger partial charge in [-0.05, 0) is 11.6 Å². The van der Waals surface area contributed by atoms with E-state index >= 15 is 0 Å². The number of benzene rings is 1. The molecule has 0 spiro atoms. The van der Waals surface area contributed by atoms with Gasteiger partial charge in [-0.25, -0.2) is 4.98 Å². The van der Waals surface area contributed by atoms with Crippen molar-refractivity contribution in [2.24, 2.45) is 0 Å². The molecule has 6 heteroatoms. The Morgan fingerprint density at radius 2 is 2.22 bits per heavy atom. The molecule has 0 fully saturated rings. The van der Waals surface area contributed by atoms with Crippen LogP contribution in [-0.2, 0) is 17.8 Å². The van der Waals surface area contributed by atoms with Crippen LogP contribution in [0.5, 0.6) is 0 Å². The third kappa shape index (κ3) is 3.54. The Labute approximate surface area is 117 Å². The van der Waals surface area contributed by atoms with Crippen molar-refractivity contribution in [1.82, 2.24) is 4.98 Å². The zero-order chi connectivity index (χ0) is 13.0. The normalized spacial score (nSPS) is 10.3. The Hall–Kier alpha value is -1.40. The average Bonchev–Trinajstić information content (AvgIpc) is 2.75. The Kier molecular flexibility index (Phi) is 4.33. The molecule has 0 aliphatic carbocycles. The molecule has 1 aromatic carbocycles. The van der Waals surface area contributed by atoms with Gasteiger partial charge in [-0.3, -0.25) is 4.79 Å². The van der Waals surface area contributed by atoms with Crippen molar-refractivity contribution in [3.63, 3.8) is 0 Å². The average molecular weight is 327 g/mol. The molecule has 0 aliphatic heterocycles. The second-order valence-electron chi connectivity index (χ2n) is 3.66. The van der Waals surface area contributed by atoms with E-state index in [0.717, 1.165) is 15.2 Å². The Morgan fingerprint density at radius 1 is 1.44 bits per heavy atom. The predicted molar refractivity (Wildman–Crippen MR) is 74.9 cm³/mol. The fraction of sp³-hybridized carbons (Fsp3) is 0.167. The number of anilines is 1. The monoisotopic (exact) mass is 326 g/mol. The van der Waals surface area contributed by atoms with Crippen LogP contribution in [0.15, 0.2) is 34.1 Å². The van der Waals surface area contributed by atoms with Gasteiger partial charge in [0.05, 0.1) is 12.1 Å². The molecule has 1 heterocycles. The zero-order valence-electron chi connectivity index (χ0n) is 9.39. The van der Waals surface area contributed by atoms with Gasteiger partial charge in [0.2, 0.25) is 0 Å². The highest BCUT2D eigenvalue weighted by Gasteiger charge is 2.06. The van der Waals surface area contributed by atoms with Gasteiger partial charge in [0, 0.05) is 16.4 Å². The molecule has 0 bridgehead atoms. The molecule has 0 amide bonds. The minimum atomic E-state index is -0.863. The lowest BCUT2D eigenvalue weighted by Crippen LogP contribution is -2.02.